The second-order valence-corrected chi connectivity index (χ2v) is 5.98. The molecule has 0 aliphatic rings. The van der Waals surface area contributed by atoms with Gasteiger partial charge in [-0.25, -0.2) is 13.8 Å². The van der Waals surface area contributed by atoms with Crippen LogP contribution in [0.4, 0.5) is 8.78 Å². The van der Waals surface area contributed by atoms with Gasteiger partial charge in [-0.3, -0.25) is 4.79 Å². The highest BCUT2D eigenvalue weighted by molar-refractivity contribution is 5.80. The van der Waals surface area contributed by atoms with Gasteiger partial charge in [0.1, 0.15) is 17.7 Å². The quantitative estimate of drug-likeness (QED) is 0.779. The fraction of sp³-hybridized carbons (Fsp3) is 0.412. The first-order valence-corrected chi connectivity index (χ1v) is 7.73. The SMILES string of the molecule is CC(C(=O)N(CCN(C)C)Cc1ccc(F)cc1F)n1ccnc1. The Morgan fingerprint density at radius 3 is 2.62 bits per heavy atom. The third kappa shape index (κ3) is 4.61. The van der Waals surface area contributed by atoms with Crippen molar-refractivity contribution in [2.75, 3.05) is 27.2 Å². The first kappa shape index (κ1) is 18.1. The van der Waals surface area contributed by atoms with Gasteiger partial charge in [0.05, 0.1) is 6.33 Å². The third-order valence-electron chi connectivity index (χ3n) is 3.83. The van der Waals surface area contributed by atoms with Crippen molar-refractivity contribution in [2.45, 2.75) is 19.5 Å². The summed E-state index contributed by atoms with van der Waals surface area (Å²) < 4.78 is 28.7. The largest absolute Gasteiger partial charge is 0.335 e. The van der Waals surface area contributed by atoms with Gasteiger partial charge in [0.2, 0.25) is 5.91 Å². The molecule has 0 saturated carbocycles. The average molecular weight is 336 g/mol. The molecule has 24 heavy (non-hydrogen) atoms. The van der Waals surface area contributed by atoms with Gasteiger partial charge in [0.15, 0.2) is 0 Å². The van der Waals surface area contributed by atoms with Crippen LogP contribution < -0.4 is 0 Å². The summed E-state index contributed by atoms with van der Waals surface area (Å²) in [4.78, 5) is 20.3. The zero-order chi connectivity index (χ0) is 17.7. The molecule has 130 valence electrons. The van der Waals surface area contributed by atoms with Gasteiger partial charge in [0, 0.05) is 43.7 Å². The molecule has 0 N–H and O–H groups in total. The highest BCUT2D eigenvalue weighted by Gasteiger charge is 2.23. The number of nitrogens with zero attached hydrogens (tertiary/aromatic N) is 4. The Bertz CT molecular complexity index is 673. The van der Waals surface area contributed by atoms with Crippen LogP contribution in [0.25, 0.3) is 0 Å². The van der Waals surface area contributed by atoms with E-state index >= 15 is 0 Å². The van der Waals surface area contributed by atoms with Crippen molar-refractivity contribution < 1.29 is 13.6 Å². The number of aromatic nitrogens is 2. The van der Waals surface area contributed by atoms with Gasteiger partial charge in [-0.1, -0.05) is 6.07 Å². The van der Waals surface area contributed by atoms with Crippen LogP contribution >= 0.6 is 0 Å². The number of benzene rings is 1. The minimum absolute atomic E-state index is 0.0951. The van der Waals surface area contributed by atoms with Crippen LogP contribution in [0.1, 0.15) is 18.5 Å². The average Bonchev–Trinajstić information content (AvgIpc) is 3.06. The monoisotopic (exact) mass is 336 g/mol. The van der Waals surface area contributed by atoms with Crippen LogP contribution in [0.3, 0.4) is 0 Å². The highest BCUT2D eigenvalue weighted by atomic mass is 19.1. The molecule has 1 unspecified atom stereocenters. The molecule has 0 aliphatic carbocycles. The van der Waals surface area contributed by atoms with Crippen molar-refractivity contribution in [3.63, 3.8) is 0 Å². The Labute approximate surface area is 140 Å². The lowest BCUT2D eigenvalue weighted by Crippen LogP contribution is -2.39. The van der Waals surface area contributed by atoms with Gasteiger partial charge in [0.25, 0.3) is 0 Å². The van der Waals surface area contributed by atoms with Crippen molar-refractivity contribution in [2.24, 2.45) is 0 Å². The zero-order valence-electron chi connectivity index (χ0n) is 14.1. The zero-order valence-corrected chi connectivity index (χ0v) is 14.1. The van der Waals surface area contributed by atoms with Crippen molar-refractivity contribution in [1.82, 2.24) is 19.4 Å². The standard InChI is InChI=1S/C17H22F2N4O/c1-13(23-7-6-20-12-23)17(24)22(9-8-21(2)3)11-14-4-5-15(18)10-16(14)19/h4-7,10,12-13H,8-9,11H2,1-3H3. The Morgan fingerprint density at radius 1 is 1.29 bits per heavy atom. The summed E-state index contributed by atoms with van der Waals surface area (Å²) in [5.74, 6) is -1.42. The Morgan fingerprint density at radius 2 is 2.04 bits per heavy atom. The molecule has 1 aromatic heterocycles. The van der Waals surface area contributed by atoms with E-state index in [1.54, 1.807) is 35.1 Å². The first-order valence-electron chi connectivity index (χ1n) is 7.73. The molecule has 1 amide bonds. The van der Waals surface area contributed by atoms with Gasteiger partial charge >= 0.3 is 0 Å². The van der Waals surface area contributed by atoms with Crippen LogP contribution in [-0.4, -0.2) is 52.4 Å². The summed E-state index contributed by atoms with van der Waals surface area (Å²) >= 11 is 0. The summed E-state index contributed by atoms with van der Waals surface area (Å²) in [6.45, 7) is 2.96. The minimum atomic E-state index is -0.645. The van der Waals surface area contributed by atoms with Crippen LogP contribution in [0.15, 0.2) is 36.9 Å². The lowest BCUT2D eigenvalue weighted by Gasteiger charge is -2.28. The number of halogens is 2. The fourth-order valence-corrected chi connectivity index (χ4v) is 2.33. The minimum Gasteiger partial charge on any atom is -0.335 e. The predicted molar refractivity (Wildman–Crippen MR) is 87.3 cm³/mol. The van der Waals surface area contributed by atoms with Gasteiger partial charge in [-0.2, -0.15) is 0 Å². The Kier molecular flexibility index (Phi) is 6.03. The van der Waals surface area contributed by atoms with E-state index in [9.17, 15) is 13.6 Å². The second-order valence-electron chi connectivity index (χ2n) is 5.98. The number of carbonyl (C=O) groups is 1. The van der Waals surface area contributed by atoms with Crippen LogP contribution in [-0.2, 0) is 11.3 Å². The molecule has 0 saturated heterocycles. The number of hydrogen-bond acceptors (Lipinski definition) is 3. The normalized spacial score (nSPS) is 12.4. The number of carbonyl (C=O) groups excluding carboxylic acids is 1. The third-order valence-corrected chi connectivity index (χ3v) is 3.83. The maximum absolute atomic E-state index is 13.9. The predicted octanol–water partition coefficient (Wildman–Crippen LogP) is 2.31. The number of rotatable bonds is 7. The lowest BCUT2D eigenvalue weighted by molar-refractivity contribution is -0.135. The van der Waals surface area contributed by atoms with E-state index in [0.29, 0.717) is 18.7 Å². The van der Waals surface area contributed by atoms with E-state index in [-0.39, 0.29) is 12.5 Å². The molecule has 1 aromatic carbocycles. The van der Waals surface area contributed by atoms with E-state index in [2.05, 4.69) is 4.98 Å². The number of imidazole rings is 1. The number of likely N-dealkylation sites (N-methyl/N-ethyl adjacent to an activating group) is 1. The topological polar surface area (TPSA) is 41.4 Å². The molecular weight excluding hydrogens is 314 g/mol. The maximum atomic E-state index is 13.9. The van der Waals surface area contributed by atoms with E-state index < -0.39 is 17.7 Å². The molecule has 7 heteroatoms. The summed E-state index contributed by atoms with van der Waals surface area (Å²) in [5, 5.41) is 0. The molecule has 1 atom stereocenters. The van der Waals surface area contributed by atoms with E-state index in [1.165, 1.54) is 12.1 Å². The van der Waals surface area contributed by atoms with Crippen molar-refractivity contribution in [1.29, 1.82) is 0 Å². The summed E-state index contributed by atoms with van der Waals surface area (Å²) in [6, 6.07) is 2.97. The smallest absolute Gasteiger partial charge is 0.245 e. The summed E-state index contributed by atoms with van der Waals surface area (Å²) in [5.41, 5.74) is 0.293. The van der Waals surface area contributed by atoms with Crippen LogP contribution in [0, 0.1) is 11.6 Å². The molecule has 2 rings (SSSR count). The summed E-state index contributed by atoms with van der Waals surface area (Å²) in [7, 11) is 3.81. The summed E-state index contributed by atoms with van der Waals surface area (Å²) in [6.07, 6.45) is 4.89. The molecule has 0 bridgehead atoms. The molecule has 0 aliphatic heterocycles. The fourth-order valence-electron chi connectivity index (χ4n) is 2.33. The molecule has 2 aromatic rings. The van der Waals surface area contributed by atoms with Gasteiger partial charge in [-0.05, 0) is 27.1 Å². The molecule has 0 radical (unpaired) electrons. The number of hydrogen-bond donors (Lipinski definition) is 0. The molecule has 5 nitrogen and oxygen atoms in total. The van der Waals surface area contributed by atoms with E-state index in [1.807, 2.05) is 19.0 Å². The molecule has 1 heterocycles. The Balaban J connectivity index is 2.18. The second kappa shape index (κ2) is 8.01. The Hall–Kier alpha value is -2.28. The molecule has 0 fully saturated rings. The van der Waals surface area contributed by atoms with Crippen molar-refractivity contribution in [3.05, 3.63) is 54.1 Å². The van der Waals surface area contributed by atoms with Crippen LogP contribution in [0.5, 0.6) is 0 Å². The van der Waals surface area contributed by atoms with Crippen molar-refractivity contribution in [3.8, 4) is 0 Å². The maximum Gasteiger partial charge on any atom is 0.245 e. The molecular formula is C17H22F2N4O. The lowest BCUT2D eigenvalue weighted by atomic mass is 10.1. The van der Waals surface area contributed by atoms with Gasteiger partial charge < -0.3 is 14.4 Å². The first-order chi connectivity index (χ1) is 11.4. The molecule has 0 spiro atoms. The van der Waals surface area contributed by atoms with Gasteiger partial charge in [-0.15, -0.1) is 0 Å². The van der Waals surface area contributed by atoms with Crippen molar-refractivity contribution >= 4 is 5.91 Å². The van der Waals surface area contributed by atoms with E-state index in [0.717, 1.165) is 6.07 Å². The highest BCUT2D eigenvalue weighted by Crippen LogP contribution is 2.16. The number of amides is 1. The van der Waals surface area contributed by atoms with E-state index in [4.69, 9.17) is 0 Å². The van der Waals surface area contributed by atoms with Crippen LogP contribution in [0.2, 0.25) is 0 Å².